The standard InChI is InChI=1S/C12H21N3O3/c1-5-15-11(10(13)9(3)14-15)12(16)18-8(2)6-7-17-4/h8H,5-7,13H2,1-4H3. The van der Waals surface area contributed by atoms with Gasteiger partial charge in [0, 0.05) is 26.7 Å². The first-order valence-corrected chi connectivity index (χ1v) is 6.04. The van der Waals surface area contributed by atoms with Crippen LogP contribution in [-0.4, -0.2) is 35.6 Å². The number of aromatic nitrogens is 2. The molecule has 6 heteroatoms. The van der Waals surface area contributed by atoms with Crippen molar-refractivity contribution in [2.24, 2.45) is 0 Å². The van der Waals surface area contributed by atoms with E-state index in [0.29, 0.717) is 36.6 Å². The summed E-state index contributed by atoms with van der Waals surface area (Å²) in [5, 5.41) is 4.19. The first kappa shape index (κ1) is 14.5. The van der Waals surface area contributed by atoms with Gasteiger partial charge in [-0.15, -0.1) is 0 Å². The van der Waals surface area contributed by atoms with Gasteiger partial charge in [-0.3, -0.25) is 4.68 Å². The van der Waals surface area contributed by atoms with Gasteiger partial charge in [-0.2, -0.15) is 5.10 Å². The van der Waals surface area contributed by atoms with Crippen LogP contribution in [0.4, 0.5) is 5.69 Å². The molecule has 1 heterocycles. The number of anilines is 1. The lowest BCUT2D eigenvalue weighted by atomic mass is 10.3. The predicted octanol–water partition coefficient (Wildman–Crippen LogP) is 1.38. The first-order chi connectivity index (χ1) is 8.51. The van der Waals surface area contributed by atoms with Crippen LogP contribution in [0.25, 0.3) is 0 Å². The molecule has 0 bridgehead atoms. The first-order valence-electron chi connectivity index (χ1n) is 6.04. The number of ether oxygens (including phenoxy) is 2. The van der Waals surface area contributed by atoms with Crippen molar-refractivity contribution in [1.82, 2.24) is 9.78 Å². The molecular weight excluding hydrogens is 234 g/mol. The fourth-order valence-corrected chi connectivity index (χ4v) is 1.62. The third kappa shape index (κ3) is 3.22. The molecule has 6 nitrogen and oxygen atoms in total. The summed E-state index contributed by atoms with van der Waals surface area (Å²) in [6, 6.07) is 0. The van der Waals surface area contributed by atoms with E-state index in [-0.39, 0.29) is 6.10 Å². The number of aryl methyl sites for hydroxylation is 2. The van der Waals surface area contributed by atoms with Crippen molar-refractivity contribution in [3.8, 4) is 0 Å². The fourth-order valence-electron chi connectivity index (χ4n) is 1.62. The summed E-state index contributed by atoms with van der Waals surface area (Å²) in [7, 11) is 1.61. The molecule has 0 spiro atoms. The molecule has 18 heavy (non-hydrogen) atoms. The van der Waals surface area contributed by atoms with E-state index < -0.39 is 5.97 Å². The largest absolute Gasteiger partial charge is 0.458 e. The maximum Gasteiger partial charge on any atom is 0.359 e. The second-order valence-corrected chi connectivity index (χ2v) is 4.16. The monoisotopic (exact) mass is 255 g/mol. The van der Waals surface area contributed by atoms with E-state index in [1.807, 2.05) is 13.8 Å². The molecule has 0 saturated carbocycles. The van der Waals surface area contributed by atoms with Gasteiger partial charge < -0.3 is 15.2 Å². The van der Waals surface area contributed by atoms with Gasteiger partial charge in [0.25, 0.3) is 0 Å². The Morgan fingerprint density at radius 2 is 2.22 bits per heavy atom. The van der Waals surface area contributed by atoms with Crippen molar-refractivity contribution in [2.45, 2.75) is 39.8 Å². The zero-order chi connectivity index (χ0) is 13.7. The Bertz CT molecular complexity index is 415. The molecule has 1 atom stereocenters. The summed E-state index contributed by atoms with van der Waals surface area (Å²) in [4.78, 5) is 12.0. The van der Waals surface area contributed by atoms with Crippen molar-refractivity contribution < 1.29 is 14.3 Å². The number of rotatable bonds is 6. The van der Waals surface area contributed by atoms with E-state index in [1.54, 1.807) is 18.7 Å². The lowest BCUT2D eigenvalue weighted by Crippen LogP contribution is -2.20. The van der Waals surface area contributed by atoms with Crippen LogP contribution >= 0.6 is 0 Å². The Hall–Kier alpha value is -1.56. The summed E-state index contributed by atoms with van der Waals surface area (Å²) < 4.78 is 11.8. The minimum absolute atomic E-state index is 0.211. The van der Waals surface area contributed by atoms with Crippen molar-refractivity contribution in [1.29, 1.82) is 0 Å². The third-order valence-corrected chi connectivity index (χ3v) is 2.70. The van der Waals surface area contributed by atoms with Crippen LogP contribution in [-0.2, 0) is 16.0 Å². The second-order valence-electron chi connectivity index (χ2n) is 4.16. The SMILES string of the molecule is CCn1nc(C)c(N)c1C(=O)OC(C)CCOC. The van der Waals surface area contributed by atoms with Crippen LogP contribution in [0.1, 0.15) is 36.5 Å². The normalized spacial score (nSPS) is 12.4. The second kappa shape index (κ2) is 6.39. The average molecular weight is 255 g/mol. The van der Waals surface area contributed by atoms with Crippen molar-refractivity contribution >= 4 is 11.7 Å². The Morgan fingerprint density at radius 3 is 2.78 bits per heavy atom. The number of nitrogens with two attached hydrogens (primary N) is 1. The van der Waals surface area contributed by atoms with Gasteiger partial charge in [-0.1, -0.05) is 0 Å². The number of nitrogens with zero attached hydrogens (tertiary/aromatic N) is 2. The molecule has 102 valence electrons. The van der Waals surface area contributed by atoms with E-state index in [9.17, 15) is 4.79 Å². The van der Waals surface area contributed by atoms with Gasteiger partial charge in [-0.05, 0) is 20.8 Å². The molecule has 0 aliphatic rings. The van der Waals surface area contributed by atoms with Crippen molar-refractivity contribution in [3.63, 3.8) is 0 Å². The minimum atomic E-state index is -0.432. The van der Waals surface area contributed by atoms with Crippen LogP contribution in [0, 0.1) is 6.92 Å². The van der Waals surface area contributed by atoms with Crippen molar-refractivity contribution in [2.75, 3.05) is 19.5 Å². The van der Waals surface area contributed by atoms with Gasteiger partial charge in [0.05, 0.1) is 11.4 Å². The summed E-state index contributed by atoms with van der Waals surface area (Å²) in [6.07, 6.45) is 0.443. The molecule has 0 saturated heterocycles. The highest BCUT2D eigenvalue weighted by Gasteiger charge is 2.22. The van der Waals surface area contributed by atoms with Gasteiger partial charge in [0.2, 0.25) is 0 Å². The molecule has 0 fully saturated rings. The molecule has 0 aromatic carbocycles. The maximum atomic E-state index is 12.0. The molecule has 2 N–H and O–H groups in total. The van der Waals surface area contributed by atoms with Crippen LogP contribution in [0.3, 0.4) is 0 Å². The highest BCUT2D eigenvalue weighted by Crippen LogP contribution is 2.18. The molecular formula is C12H21N3O3. The minimum Gasteiger partial charge on any atom is -0.458 e. The summed E-state index contributed by atoms with van der Waals surface area (Å²) in [5.41, 5.74) is 7.22. The summed E-state index contributed by atoms with van der Waals surface area (Å²) in [5.74, 6) is -0.432. The number of methoxy groups -OCH3 is 1. The Kier molecular flexibility index (Phi) is 5.15. The van der Waals surface area contributed by atoms with E-state index in [1.165, 1.54) is 0 Å². The molecule has 0 amide bonds. The number of hydrogen-bond donors (Lipinski definition) is 1. The van der Waals surface area contributed by atoms with Gasteiger partial charge in [-0.25, -0.2) is 4.79 Å². The number of carbonyl (C=O) groups is 1. The molecule has 0 aliphatic heterocycles. The van der Waals surface area contributed by atoms with E-state index >= 15 is 0 Å². The van der Waals surface area contributed by atoms with E-state index in [2.05, 4.69) is 5.10 Å². The quantitative estimate of drug-likeness (QED) is 0.777. The van der Waals surface area contributed by atoms with Crippen LogP contribution < -0.4 is 5.73 Å². The Morgan fingerprint density at radius 1 is 1.56 bits per heavy atom. The number of hydrogen-bond acceptors (Lipinski definition) is 5. The molecule has 1 aromatic rings. The maximum absolute atomic E-state index is 12.0. The molecule has 0 radical (unpaired) electrons. The van der Waals surface area contributed by atoms with Crippen LogP contribution in [0.15, 0.2) is 0 Å². The van der Waals surface area contributed by atoms with Gasteiger partial charge in [0.1, 0.15) is 6.10 Å². The van der Waals surface area contributed by atoms with Crippen LogP contribution in [0.2, 0.25) is 0 Å². The number of esters is 1. The summed E-state index contributed by atoms with van der Waals surface area (Å²) in [6.45, 7) is 6.63. The Labute approximate surface area is 107 Å². The van der Waals surface area contributed by atoms with Gasteiger partial charge in [0.15, 0.2) is 5.69 Å². The highest BCUT2D eigenvalue weighted by molar-refractivity contribution is 5.93. The molecule has 1 aromatic heterocycles. The summed E-state index contributed by atoms with van der Waals surface area (Å²) >= 11 is 0. The molecule has 1 unspecified atom stereocenters. The van der Waals surface area contributed by atoms with E-state index in [0.717, 1.165) is 0 Å². The van der Waals surface area contributed by atoms with Gasteiger partial charge >= 0.3 is 5.97 Å². The third-order valence-electron chi connectivity index (χ3n) is 2.70. The average Bonchev–Trinajstić information content (AvgIpc) is 2.62. The Balaban J connectivity index is 2.77. The number of nitrogen functional groups attached to an aromatic ring is 1. The molecule has 1 rings (SSSR count). The lowest BCUT2D eigenvalue weighted by Gasteiger charge is -2.13. The number of carbonyl (C=O) groups excluding carboxylic acids is 1. The fraction of sp³-hybridized carbons (Fsp3) is 0.667. The van der Waals surface area contributed by atoms with Crippen LogP contribution in [0.5, 0.6) is 0 Å². The molecule has 0 aliphatic carbocycles. The predicted molar refractivity (Wildman–Crippen MR) is 68.4 cm³/mol. The van der Waals surface area contributed by atoms with E-state index in [4.69, 9.17) is 15.2 Å². The zero-order valence-corrected chi connectivity index (χ0v) is 11.4. The highest BCUT2D eigenvalue weighted by atomic mass is 16.5. The lowest BCUT2D eigenvalue weighted by molar-refractivity contribution is 0.0254. The van der Waals surface area contributed by atoms with Crippen molar-refractivity contribution in [3.05, 3.63) is 11.4 Å². The topological polar surface area (TPSA) is 79.4 Å². The zero-order valence-electron chi connectivity index (χ0n) is 11.4. The smallest absolute Gasteiger partial charge is 0.359 e.